The number of aromatic nitrogens is 4. The lowest BCUT2D eigenvalue weighted by Gasteiger charge is -2.16. The molecular weight excluding hydrogens is 536 g/mol. The Bertz CT molecular complexity index is 1900. The zero-order valence-electron chi connectivity index (χ0n) is 24.7. The zero-order valence-corrected chi connectivity index (χ0v) is 24.7. The number of amidine groups is 1. The summed E-state index contributed by atoms with van der Waals surface area (Å²) < 4.78 is 6.12. The van der Waals surface area contributed by atoms with Crippen LogP contribution in [-0.2, 0) is 0 Å². The summed E-state index contributed by atoms with van der Waals surface area (Å²) in [7, 11) is 0. The highest BCUT2D eigenvalue weighted by molar-refractivity contribution is 6.00. The molecule has 0 bridgehead atoms. The van der Waals surface area contributed by atoms with Crippen LogP contribution in [0.4, 0.5) is 0 Å². The zero-order chi connectivity index (χ0) is 30.1. The minimum Gasteiger partial charge on any atom is -0.457 e. The molecule has 4 aromatic carbocycles. The number of rotatable bonds is 9. The van der Waals surface area contributed by atoms with E-state index in [1.165, 1.54) is 0 Å². The second-order valence-corrected chi connectivity index (χ2v) is 11.2. The molecule has 6 aromatic rings. The first-order chi connectivity index (χ1) is 20.7. The van der Waals surface area contributed by atoms with Crippen molar-refractivity contribution in [2.75, 3.05) is 0 Å². The number of hydrogen-bond acceptors (Lipinski definition) is 6. The lowest BCUT2D eigenvalue weighted by Crippen LogP contribution is -2.33. The van der Waals surface area contributed by atoms with E-state index in [-0.39, 0.29) is 12.2 Å². The lowest BCUT2D eigenvalue weighted by atomic mass is 10.1. The van der Waals surface area contributed by atoms with E-state index in [1.54, 1.807) is 0 Å². The van der Waals surface area contributed by atoms with Gasteiger partial charge in [-0.1, -0.05) is 6.07 Å². The fourth-order valence-electron chi connectivity index (χ4n) is 4.97. The van der Waals surface area contributed by atoms with Gasteiger partial charge in [0.2, 0.25) is 0 Å². The summed E-state index contributed by atoms with van der Waals surface area (Å²) in [4.78, 5) is 20.8. The van der Waals surface area contributed by atoms with Crippen molar-refractivity contribution < 1.29 is 4.74 Å². The van der Waals surface area contributed by atoms with Crippen molar-refractivity contribution in [3.05, 3.63) is 96.1 Å². The van der Waals surface area contributed by atoms with E-state index in [9.17, 15) is 0 Å². The lowest BCUT2D eigenvalue weighted by molar-refractivity contribution is 0.483. The van der Waals surface area contributed by atoms with Gasteiger partial charge in [-0.15, -0.1) is 0 Å². The largest absolute Gasteiger partial charge is 0.457 e. The van der Waals surface area contributed by atoms with Crippen LogP contribution in [0, 0.1) is 0 Å². The van der Waals surface area contributed by atoms with Crippen molar-refractivity contribution in [2.45, 2.75) is 45.9 Å². The second-order valence-electron chi connectivity index (χ2n) is 11.2. The summed E-state index contributed by atoms with van der Waals surface area (Å²) in [6.45, 7) is 8.16. The van der Waals surface area contributed by atoms with E-state index >= 15 is 0 Å². The SMILES string of the molecule is CC(C)N=C(N)c1ccc2nc(-c3ccc(Oc4ccc(-c5nc6ccc(C(N)NC(C)C)cc6[nH]5)cc4)cc3)[nH]c2c1. The van der Waals surface area contributed by atoms with Gasteiger partial charge in [0.05, 0.1) is 28.2 Å². The Labute approximate surface area is 250 Å². The fourth-order valence-corrected chi connectivity index (χ4v) is 4.97. The molecule has 1 atom stereocenters. The van der Waals surface area contributed by atoms with Crippen LogP contribution in [0.3, 0.4) is 0 Å². The number of nitrogens with two attached hydrogens (primary N) is 2. The van der Waals surface area contributed by atoms with E-state index < -0.39 is 0 Å². The number of hydrogen-bond donors (Lipinski definition) is 5. The Morgan fingerprint density at radius 2 is 1.28 bits per heavy atom. The van der Waals surface area contributed by atoms with Gasteiger partial charge in [-0.05, 0) is 112 Å². The van der Waals surface area contributed by atoms with Crippen molar-refractivity contribution in [3.8, 4) is 34.3 Å². The molecule has 0 radical (unpaired) electrons. The van der Waals surface area contributed by atoms with Gasteiger partial charge in [0.1, 0.15) is 29.0 Å². The number of ether oxygens (including phenoxy) is 1. The quantitative estimate of drug-likeness (QED) is 0.0747. The second kappa shape index (κ2) is 11.7. The van der Waals surface area contributed by atoms with E-state index in [1.807, 2.05) is 98.8 Å². The Kier molecular flexibility index (Phi) is 7.67. The topological polar surface area (TPSA) is 143 Å². The van der Waals surface area contributed by atoms with Crippen LogP contribution in [0.25, 0.3) is 44.8 Å². The number of aromatic amines is 2. The third-order valence-corrected chi connectivity index (χ3v) is 7.04. The van der Waals surface area contributed by atoms with Gasteiger partial charge in [0, 0.05) is 28.8 Å². The number of nitrogens with zero attached hydrogens (tertiary/aromatic N) is 3. The Morgan fingerprint density at radius 3 is 1.81 bits per heavy atom. The van der Waals surface area contributed by atoms with Gasteiger partial charge in [-0.25, -0.2) is 9.97 Å². The van der Waals surface area contributed by atoms with Crippen LogP contribution in [-0.4, -0.2) is 37.9 Å². The molecule has 0 amide bonds. The van der Waals surface area contributed by atoms with Gasteiger partial charge in [-0.2, -0.15) is 0 Å². The van der Waals surface area contributed by atoms with Gasteiger partial charge in [0.25, 0.3) is 0 Å². The molecule has 0 aliphatic heterocycles. The average molecular weight is 573 g/mol. The summed E-state index contributed by atoms with van der Waals surface area (Å²) in [5, 5.41) is 3.33. The highest BCUT2D eigenvalue weighted by Gasteiger charge is 2.12. The third kappa shape index (κ3) is 6.28. The molecule has 0 aliphatic rings. The van der Waals surface area contributed by atoms with E-state index in [0.29, 0.717) is 11.9 Å². The molecule has 0 saturated heterocycles. The van der Waals surface area contributed by atoms with Gasteiger partial charge in [0.15, 0.2) is 0 Å². The summed E-state index contributed by atoms with van der Waals surface area (Å²) >= 11 is 0. The molecule has 0 fully saturated rings. The summed E-state index contributed by atoms with van der Waals surface area (Å²) in [6, 6.07) is 28.1. The van der Waals surface area contributed by atoms with Crippen molar-refractivity contribution in [1.82, 2.24) is 25.3 Å². The minimum atomic E-state index is -0.233. The molecule has 1 unspecified atom stereocenters. The monoisotopic (exact) mass is 572 g/mol. The molecule has 43 heavy (non-hydrogen) atoms. The van der Waals surface area contributed by atoms with Crippen molar-refractivity contribution in [2.24, 2.45) is 16.5 Å². The van der Waals surface area contributed by atoms with Crippen LogP contribution in [0.5, 0.6) is 11.5 Å². The van der Waals surface area contributed by atoms with Crippen molar-refractivity contribution in [1.29, 1.82) is 0 Å². The van der Waals surface area contributed by atoms with Gasteiger partial charge < -0.3 is 26.2 Å². The van der Waals surface area contributed by atoms with Crippen LogP contribution in [0.1, 0.15) is 45.0 Å². The average Bonchev–Trinajstić information content (AvgIpc) is 3.61. The Balaban J connectivity index is 1.14. The normalized spacial score (nSPS) is 13.0. The molecule has 0 spiro atoms. The minimum absolute atomic E-state index is 0.134. The summed E-state index contributed by atoms with van der Waals surface area (Å²) in [5.41, 5.74) is 19.9. The fraction of sp³-hybridized carbons (Fsp3) is 0.206. The number of imidazole rings is 2. The maximum absolute atomic E-state index is 6.29. The van der Waals surface area contributed by atoms with Crippen molar-refractivity contribution >= 4 is 27.9 Å². The van der Waals surface area contributed by atoms with E-state index in [2.05, 4.69) is 34.1 Å². The number of benzene rings is 4. The molecule has 2 aromatic heterocycles. The molecule has 0 saturated carbocycles. The maximum Gasteiger partial charge on any atom is 0.138 e. The Morgan fingerprint density at radius 1 is 0.744 bits per heavy atom. The smallest absolute Gasteiger partial charge is 0.138 e. The predicted octanol–water partition coefficient (Wildman–Crippen LogP) is 6.63. The number of aliphatic imine (C=N–C) groups is 1. The highest BCUT2D eigenvalue weighted by atomic mass is 16.5. The summed E-state index contributed by atoms with van der Waals surface area (Å²) in [5.74, 6) is 3.56. The molecular formula is C34H36N8O. The molecule has 0 aliphatic carbocycles. The number of nitrogens with one attached hydrogen (secondary N) is 3. The highest BCUT2D eigenvalue weighted by Crippen LogP contribution is 2.29. The number of fused-ring (bicyclic) bond motifs is 2. The first-order valence-electron chi connectivity index (χ1n) is 14.5. The number of H-pyrrole nitrogens is 2. The maximum atomic E-state index is 6.29. The van der Waals surface area contributed by atoms with Gasteiger partial charge >= 0.3 is 0 Å². The van der Waals surface area contributed by atoms with Crippen LogP contribution in [0.15, 0.2) is 89.9 Å². The molecule has 6 rings (SSSR count). The molecule has 7 N–H and O–H groups in total. The van der Waals surface area contributed by atoms with E-state index in [0.717, 1.165) is 67.5 Å². The Hall–Kier alpha value is -4.99. The van der Waals surface area contributed by atoms with E-state index in [4.69, 9.17) is 26.2 Å². The van der Waals surface area contributed by atoms with Crippen LogP contribution < -0.4 is 21.5 Å². The van der Waals surface area contributed by atoms with Gasteiger partial charge in [-0.3, -0.25) is 10.3 Å². The first-order valence-corrected chi connectivity index (χ1v) is 14.5. The van der Waals surface area contributed by atoms with Crippen LogP contribution >= 0.6 is 0 Å². The third-order valence-electron chi connectivity index (χ3n) is 7.04. The molecule has 2 heterocycles. The van der Waals surface area contributed by atoms with Crippen LogP contribution in [0.2, 0.25) is 0 Å². The predicted molar refractivity (Wildman–Crippen MR) is 174 cm³/mol. The first kappa shape index (κ1) is 28.1. The molecule has 218 valence electrons. The molecule has 9 heteroatoms. The summed E-state index contributed by atoms with van der Waals surface area (Å²) in [6.07, 6.45) is -0.233. The van der Waals surface area contributed by atoms with Crippen molar-refractivity contribution in [3.63, 3.8) is 0 Å². The molecule has 9 nitrogen and oxygen atoms in total. The standard InChI is InChI=1S/C34H36N8O/c1-19(2)37-31(35)23-9-15-27-29(17-23)41-33(39-27)21-5-11-25(12-6-21)43-26-13-7-22(8-14-26)34-40-28-16-10-24(18-30(28)42-34)32(36)38-20(3)4/h5-20,31,37H,35H2,1-4H3,(H2,36,38)(H,39,41)(H,40,42).